The Labute approximate surface area is 154 Å². The fraction of sp³-hybridized carbons (Fsp3) is 0.727. The number of ether oxygens (including phenoxy) is 1. The molecule has 0 unspecified atom stereocenters. The number of anilines is 1. The summed E-state index contributed by atoms with van der Waals surface area (Å²) in [5.41, 5.74) is 1.30. The van der Waals surface area contributed by atoms with Crippen molar-refractivity contribution < 1.29 is 4.74 Å². The van der Waals surface area contributed by atoms with Crippen molar-refractivity contribution in [1.29, 1.82) is 0 Å². The summed E-state index contributed by atoms with van der Waals surface area (Å²) >= 11 is 0. The first-order valence-electron chi connectivity index (χ1n) is 10.4. The van der Waals surface area contributed by atoms with Crippen molar-refractivity contribution in [2.24, 2.45) is 11.8 Å². The molecule has 3 heteroatoms. The molecule has 0 amide bonds. The molecule has 0 aromatic heterocycles. The summed E-state index contributed by atoms with van der Waals surface area (Å²) in [6.45, 7) is 8.30. The highest BCUT2D eigenvalue weighted by Gasteiger charge is 2.22. The fourth-order valence-corrected chi connectivity index (χ4v) is 4.62. The molecule has 1 aromatic carbocycles. The van der Waals surface area contributed by atoms with Crippen LogP contribution in [0.25, 0.3) is 0 Å². The van der Waals surface area contributed by atoms with Gasteiger partial charge in [0, 0.05) is 37.9 Å². The summed E-state index contributed by atoms with van der Waals surface area (Å²) in [6, 6.07) is 8.47. The van der Waals surface area contributed by atoms with Gasteiger partial charge in [0.1, 0.15) is 5.75 Å². The third-order valence-corrected chi connectivity index (χ3v) is 6.31. The van der Waals surface area contributed by atoms with Gasteiger partial charge in [-0.3, -0.25) is 4.90 Å². The van der Waals surface area contributed by atoms with Gasteiger partial charge in [0.2, 0.25) is 0 Å². The Morgan fingerprint density at radius 2 is 1.64 bits per heavy atom. The van der Waals surface area contributed by atoms with E-state index < -0.39 is 0 Å². The largest absolute Gasteiger partial charge is 0.497 e. The van der Waals surface area contributed by atoms with Crippen LogP contribution in [-0.4, -0.2) is 44.7 Å². The maximum atomic E-state index is 5.36. The Balaban J connectivity index is 1.37. The van der Waals surface area contributed by atoms with Crippen molar-refractivity contribution in [3.63, 3.8) is 0 Å². The van der Waals surface area contributed by atoms with E-state index in [1.165, 1.54) is 70.3 Å². The predicted octanol–water partition coefficient (Wildman–Crippen LogP) is 4.81. The van der Waals surface area contributed by atoms with Crippen LogP contribution in [0.15, 0.2) is 24.3 Å². The van der Waals surface area contributed by atoms with E-state index in [-0.39, 0.29) is 0 Å². The highest BCUT2D eigenvalue weighted by atomic mass is 16.5. The number of nitrogens with zero attached hydrogens (tertiary/aromatic N) is 2. The number of hydrogen-bond acceptors (Lipinski definition) is 3. The maximum Gasteiger partial charge on any atom is 0.120 e. The molecule has 3 rings (SSSR count). The Hall–Kier alpha value is -1.22. The van der Waals surface area contributed by atoms with Crippen LogP contribution in [0.5, 0.6) is 5.75 Å². The van der Waals surface area contributed by atoms with Gasteiger partial charge >= 0.3 is 0 Å². The highest BCUT2D eigenvalue weighted by molar-refractivity contribution is 5.51. The number of rotatable bonds is 7. The Bertz CT molecular complexity index is 503. The van der Waals surface area contributed by atoms with Gasteiger partial charge in [-0.1, -0.05) is 51.5 Å². The summed E-state index contributed by atoms with van der Waals surface area (Å²) in [6.07, 6.45) is 10.2. The Morgan fingerprint density at radius 3 is 2.28 bits per heavy atom. The normalized spacial score (nSPS) is 25.1. The van der Waals surface area contributed by atoms with E-state index in [4.69, 9.17) is 4.74 Å². The molecular formula is C22H36N2O. The lowest BCUT2D eigenvalue weighted by Gasteiger charge is -2.37. The predicted molar refractivity (Wildman–Crippen MR) is 107 cm³/mol. The second-order valence-electron chi connectivity index (χ2n) is 7.99. The van der Waals surface area contributed by atoms with E-state index in [1.807, 2.05) is 6.07 Å². The molecule has 1 aliphatic carbocycles. The third kappa shape index (κ3) is 5.37. The minimum atomic E-state index is 0.957. The Morgan fingerprint density at radius 1 is 0.960 bits per heavy atom. The second kappa shape index (κ2) is 9.47. The fourth-order valence-electron chi connectivity index (χ4n) is 4.62. The third-order valence-electron chi connectivity index (χ3n) is 6.31. The molecule has 1 heterocycles. The van der Waals surface area contributed by atoms with Crippen LogP contribution in [0, 0.1) is 11.8 Å². The van der Waals surface area contributed by atoms with Gasteiger partial charge in [0.05, 0.1) is 7.11 Å². The molecule has 1 aliphatic heterocycles. The van der Waals surface area contributed by atoms with Crippen molar-refractivity contribution >= 4 is 5.69 Å². The summed E-state index contributed by atoms with van der Waals surface area (Å²) in [7, 11) is 1.74. The summed E-state index contributed by atoms with van der Waals surface area (Å²) in [5, 5.41) is 0. The van der Waals surface area contributed by atoms with Crippen LogP contribution >= 0.6 is 0 Å². The zero-order valence-electron chi connectivity index (χ0n) is 16.3. The zero-order chi connectivity index (χ0) is 17.5. The van der Waals surface area contributed by atoms with Crippen LogP contribution in [0.3, 0.4) is 0 Å². The summed E-state index contributed by atoms with van der Waals surface area (Å²) in [5.74, 6) is 2.98. The lowest BCUT2D eigenvalue weighted by atomic mass is 9.79. The summed E-state index contributed by atoms with van der Waals surface area (Å²) in [4.78, 5) is 5.17. The molecule has 1 saturated heterocycles. The van der Waals surface area contributed by atoms with Gasteiger partial charge in [-0.25, -0.2) is 0 Å². The lowest BCUT2D eigenvalue weighted by molar-refractivity contribution is 0.200. The molecule has 0 N–H and O–H groups in total. The average Bonchev–Trinajstić information content (AvgIpc) is 2.68. The highest BCUT2D eigenvalue weighted by Crippen LogP contribution is 2.33. The topological polar surface area (TPSA) is 15.7 Å². The number of hydrogen-bond donors (Lipinski definition) is 0. The van der Waals surface area contributed by atoms with Crippen molar-refractivity contribution in [3.05, 3.63) is 24.3 Å². The van der Waals surface area contributed by atoms with E-state index in [0.29, 0.717) is 0 Å². The molecule has 1 aromatic rings. The van der Waals surface area contributed by atoms with Gasteiger partial charge < -0.3 is 9.64 Å². The Kier molecular flexibility index (Phi) is 7.03. The molecule has 2 fully saturated rings. The van der Waals surface area contributed by atoms with E-state index >= 15 is 0 Å². The van der Waals surface area contributed by atoms with Crippen LogP contribution < -0.4 is 9.64 Å². The molecule has 0 radical (unpaired) electrons. The molecule has 3 nitrogen and oxygen atoms in total. The van der Waals surface area contributed by atoms with Crippen LogP contribution in [0.4, 0.5) is 5.69 Å². The summed E-state index contributed by atoms with van der Waals surface area (Å²) < 4.78 is 5.36. The van der Waals surface area contributed by atoms with Gasteiger partial charge in [-0.15, -0.1) is 0 Å². The quantitative estimate of drug-likeness (QED) is 0.706. The zero-order valence-corrected chi connectivity index (χ0v) is 16.3. The lowest BCUT2D eigenvalue weighted by Crippen LogP contribution is -2.46. The van der Waals surface area contributed by atoms with Gasteiger partial charge in [-0.05, 0) is 36.9 Å². The number of methoxy groups -OCH3 is 1. The van der Waals surface area contributed by atoms with E-state index in [9.17, 15) is 0 Å². The standard InChI is InChI=1S/C22H36N2O/c1-3-5-19-8-10-20(11-9-19)12-13-23-14-16-24(17-15-23)21-6-4-7-22(18-21)25-2/h4,6-7,18-20H,3,5,8-17H2,1-2H3. The monoisotopic (exact) mass is 344 g/mol. The molecule has 1 saturated carbocycles. The van der Waals surface area contributed by atoms with Crippen LogP contribution in [0.1, 0.15) is 51.9 Å². The minimum absolute atomic E-state index is 0.957. The molecule has 25 heavy (non-hydrogen) atoms. The van der Waals surface area contributed by atoms with E-state index in [2.05, 4.69) is 34.9 Å². The van der Waals surface area contributed by atoms with Crippen molar-refractivity contribution in [3.8, 4) is 5.75 Å². The molecule has 0 spiro atoms. The molecular weight excluding hydrogens is 308 g/mol. The molecule has 140 valence electrons. The van der Waals surface area contributed by atoms with Crippen LogP contribution in [-0.2, 0) is 0 Å². The number of piperazine rings is 1. The minimum Gasteiger partial charge on any atom is -0.497 e. The second-order valence-corrected chi connectivity index (χ2v) is 7.99. The smallest absolute Gasteiger partial charge is 0.120 e. The van der Waals surface area contributed by atoms with E-state index in [0.717, 1.165) is 30.7 Å². The van der Waals surface area contributed by atoms with Gasteiger partial charge in [0.15, 0.2) is 0 Å². The molecule has 0 atom stereocenters. The van der Waals surface area contributed by atoms with E-state index in [1.54, 1.807) is 7.11 Å². The first-order valence-corrected chi connectivity index (χ1v) is 10.4. The van der Waals surface area contributed by atoms with Crippen molar-refractivity contribution in [1.82, 2.24) is 4.90 Å². The number of benzene rings is 1. The molecule has 2 aliphatic rings. The van der Waals surface area contributed by atoms with Gasteiger partial charge in [0.25, 0.3) is 0 Å². The molecule has 0 bridgehead atoms. The van der Waals surface area contributed by atoms with Gasteiger partial charge in [-0.2, -0.15) is 0 Å². The van der Waals surface area contributed by atoms with Crippen molar-refractivity contribution in [2.75, 3.05) is 44.7 Å². The SMILES string of the molecule is CCCC1CCC(CCN2CCN(c3cccc(OC)c3)CC2)CC1. The van der Waals surface area contributed by atoms with Crippen molar-refractivity contribution in [2.45, 2.75) is 51.9 Å². The first kappa shape index (κ1) is 18.6. The maximum absolute atomic E-state index is 5.36. The van der Waals surface area contributed by atoms with Crippen LogP contribution in [0.2, 0.25) is 0 Å². The first-order chi connectivity index (χ1) is 12.3. The average molecular weight is 345 g/mol.